The molecule has 0 saturated carbocycles. The van der Waals surface area contributed by atoms with E-state index in [1.165, 1.54) is 0 Å². The van der Waals surface area contributed by atoms with Crippen molar-refractivity contribution in [2.75, 3.05) is 25.0 Å². The molecular weight excluding hydrogens is 264 g/mol. The summed E-state index contributed by atoms with van der Waals surface area (Å²) in [6, 6.07) is 1.63. The lowest BCUT2D eigenvalue weighted by molar-refractivity contribution is -0.142. The van der Waals surface area contributed by atoms with Crippen LogP contribution in [0.2, 0.25) is 0 Å². The Balaban J connectivity index is 1.76. The lowest BCUT2D eigenvalue weighted by Crippen LogP contribution is -2.50. The third-order valence-electron chi connectivity index (χ3n) is 3.36. The van der Waals surface area contributed by atoms with Crippen molar-refractivity contribution in [3.8, 4) is 0 Å². The summed E-state index contributed by atoms with van der Waals surface area (Å²) >= 11 is 0. The standard InChI is InChI=1S/C12H18N4O4/c1-8-6-9(15-20-8)14-10(17)2-4-16-5-3-12(13,7-16)11(18)19/h6H,2-5,7,13H2,1H3,(H,18,19)(H,14,15,17). The Morgan fingerprint density at radius 1 is 1.65 bits per heavy atom. The molecule has 1 aliphatic heterocycles. The van der Waals surface area contributed by atoms with Gasteiger partial charge in [-0.1, -0.05) is 5.16 Å². The third kappa shape index (κ3) is 3.34. The topological polar surface area (TPSA) is 122 Å². The molecule has 2 heterocycles. The van der Waals surface area contributed by atoms with Gasteiger partial charge in [0.15, 0.2) is 5.82 Å². The zero-order chi connectivity index (χ0) is 14.8. The molecule has 1 fully saturated rings. The monoisotopic (exact) mass is 282 g/mol. The van der Waals surface area contributed by atoms with E-state index in [4.69, 9.17) is 15.4 Å². The number of likely N-dealkylation sites (tertiary alicyclic amines) is 1. The van der Waals surface area contributed by atoms with Crippen LogP contribution in [-0.2, 0) is 9.59 Å². The number of carboxylic acid groups (broad SMARTS) is 1. The number of anilines is 1. The smallest absolute Gasteiger partial charge is 0.325 e. The van der Waals surface area contributed by atoms with Crippen molar-refractivity contribution in [3.63, 3.8) is 0 Å². The number of hydrogen-bond donors (Lipinski definition) is 3. The lowest BCUT2D eigenvalue weighted by Gasteiger charge is -2.19. The lowest BCUT2D eigenvalue weighted by atomic mass is 10.0. The van der Waals surface area contributed by atoms with E-state index in [1.54, 1.807) is 13.0 Å². The molecule has 0 bridgehead atoms. The van der Waals surface area contributed by atoms with Crippen LogP contribution in [0.1, 0.15) is 18.6 Å². The quantitative estimate of drug-likeness (QED) is 0.683. The van der Waals surface area contributed by atoms with Crippen molar-refractivity contribution in [2.24, 2.45) is 5.73 Å². The normalized spacial score (nSPS) is 22.9. The number of aliphatic carboxylic acids is 1. The number of nitrogens with one attached hydrogen (secondary N) is 1. The molecule has 0 spiro atoms. The Kier molecular flexibility index (Phi) is 4.05. The summed E-state index contributed by atoms with van der Waals surface area (Å²) in [4.78, 5) is 24.6. The molecule has 1 unspecified atom stereocenters. The first kappa shape index (κ1) is 14.5. The second kappa shape index (κ2) is 5.59. The molecule has 0 radical (unpaired) electrons. The van der Waals surface area contributed by atoms with Gasteiger partial charge in [0.2, 0.25) is 5.91 Å². The fourth-order valence-corrected chi connectivity index (χ4v) is 2.17. The molecule has 4 N–H and O–H groups in total. The van der Waals surface area contributed by atoms with Gasteiger partial charge < -0.3 is 25.6 Å². The molecule has 8 nitrogen and oxygen atoms in total. The Labute approximate surface area is 115 Å². The van der Waals surface area contributed by atoms with E-state index in [-0.39, 0.29) is 18.9 Å². The number of rotatable bonds is 5. The van der Waals surface area contributed by atoms with Crippen LogP contribution >= 0.6 is 0 Å². The SMILES string of the molecule is Cc1cc(NC(=O)CCN2CCC(N)(C(=O)O)C2)no1. The molecule has 0 aromatic carbocycles. The van der Waals surface area contributed by atoms with Gasteiger partial charge in [0.05, 0.1) is 0 Å². The molecule has 1 amide bonds. The van der Waals surface area contributed by atoms with Crippen LogP contribution < -0.4 is 11.1 Å². The molecule has 1 aromatic heterocycles. The van der Waals surface area contributed by atoms with Gasteiger partial charge in [-0.25, -0.2) is 0 Å². The zero-order valence-electron chi connectivity index (χ0n) is 11.3. The Bertz CT molecular complexity index is 515. The molecule has 2 rings (SSSR count). The number of aromatic nitrogens is 1. The van der Waals surface area contributed by atoms with Crippen molar-refractivity contribution < 1.29 is 19.2 Å². The van der Waals surface area contributed by atoms with E-state index >= 15 is 0 Å². The molecule has 1 atom stereocenters. The van der Waals surface area contributed by atoms with Gasteiger partial charge in [-0.05, 0) is 13.3 Å². The number of amides is 1. The molecule has 110 valence electrons. The van der Waals surface area contributed by atoms with Crippen LogP contribution in [0.4, 0.5) is 5.82 Å². The van der Waals surface area contributed by atoms with Gasteiger partial charge in [0.1, 0.15) is 11.3 Å². The van der Waals surface area contributed by atoms with Gasteiger partial charge in [0.25, 0.3) is 0 Å². The number of hydrogen-bond acceptors (Lipinski definition) is 6. The summed E-state index contributed by atoms with van der Waals surface area (Å²) in [5, 5.41) is 15.3. The first-order chi connectivity index (χ1) is 9.39. The van der Waals surface area contributed by atoms with E-state index in [9.17, 15) is 9.59 Å². The molecule has 1 aliphatic rings. The summed E-state index contributed by atoms with van der Waals surface area (Å²) in [6.07, 6.45) is 0.647. The highest BCUT2D eigenvalue weighted by Gasteiger charge is 2.40. The van der Waals surface area contributed by atoms with Crippen LogP contribution in [0.5, 0.6) is 0 Å². The summed E-state index contributed by atoms with van der Waals surface area (Å²) < 4.78 is 4.84. The van der Waals surface area contributed by atoms with Gasteiger partial charge in [-0.2, -0.15) is 0 Å². The largest absolute Gasteiger partial charge is 0.480 e. The maximum absolute atomic E-state index is 11.7. The first-order valence-electron chi connectivity index (χ1n) is 6.37. The van der Waals surface area contributed by atoms with E-state index in [1.807, 2.05) is 4.90 Å². The molecule has 1 saturated heterocycles. The summed E-state index contributed by atoms with van der Waals surface area (Å²) in [7, 11) is 0. The van der Waals surface area contributed by atoms with E-state index in [2.05, 4.69) is 10.5 Å². The van der Waals surface area contributed by atoms with Crippen LogP contribution in [0.15, 0.2) is 10.6 Å². The molecule has 8 heteroatoms. The number of nitrogens with zero attached hydrogens (tertiary/aromatic N) is 2. The third-order valence-corrected chi connectivity index (χ3v) is 3.36. The van der Waals surface area contributed by atoms with Gasteiger partial charge in [0, 0.05) is 32.1 Å². The predicted octanol–water partition coefficient (Wildman–Crippen LogP) is -0.201. The van der Waals surface area contributed by atoms with Crippen LogP contribution in [0.3, 0.4) is 0 Å². The maximum atomic E-state index is 11.7. The summed E-state index contributed by atoms with van der Waals surface area (Å²) in [5.41, 5.74) is 4.57. The Morgan fingerprint density at radius 2 is 2.40 bits per heavy atom. The molecule has 1 aromatic rings. The van der Waals surface area contributed by atoms with Gasteiger partial charge in [-0.15, -0.1) is 0 Å². The van der Waals surface area contributed by atoms with Crippen LogP contribution in [0, 0.1) is 6.92 Å². The van der Waals surface area contributed by atoms with Gasteiger partial charge >= 0.3 is 5.97 Å². The minimum Gasteiger partial charge on any atom is -0.480 e. The minimum atomic E-state index is -1.19. The second-order valence-electron chi connectivity index (χ2n) is 5.11. The fraction of sp³-hybridized carbons (Fsp3) is 0.583. The number of carbonyl (C=O) groups is 2. The second-order valence-corrected chi connectivity index (χ2v) is 5.11. The minimum absolute atomic E-state index is 0.192. The molecular formula is C12H18N4O4. The van der Waals surface area contributed by atoms with Crippen molar-refractivity contribution in [3.05, 3.63) is 11.8 Å². The predicted molar refractivity (Wildman–Crippen MR) is 70.1 cm³/mol. The van der Waals surface area contributed by atoms with Crippen LogP contribution in [0.25, 0.3) is 0 Å². The Morgan fingerprint density at radius 3 is 2.95 bits per heavy atom. The summed E-state index contributed by atoms with van der Waals surface area (Å²) in [6.45, 7) is 3.05. The van der Waals surface area contributed by atoms with Crippen molar-refractivity contribution in [1.82, 2.24) is 10.1 Å². The highest BCUT2D eigenvalue weighted by Crippen LogP contribution is 2.19. The molecule has 20 heavy (non-hydrogen) atoms. The highest BCUT2D eigenvalue weighted by atomic mass is 16.5. The van der Waals surface area contributed by atoms with E-state index in [0.717, 1.165) is 0 Å². The number of nitrogens with two attached hydrogens (primary N) is 1. The van der Waals surface area contributed by atoms with Crippen molar-refractivity contribution in [2.45, 2.75) is 25.3 Å². The first-order valence-corrected chi connectivity index (χ1v) is 6.37. The molecule has 0 aliphatic carbocycles. The number of carboxylic acids is 1. The zero-order valence-corrected chi connectivity index (χ0v) is 11.3. The number of carbonyl (C=O) groups excluding carboxylic acids is 1. The van der Waals surface area contributed by atoms with E-state index < -0.39 is 11.5 Å². The Hall–Kier alpha value is -1.93. The van der Waals surface area contributed by atoms with Gasteiger partial charge in [-0.3, -0.25) is 9.59 Å². The van der Waals surface area contributed by atoms with Crippen molar-refractivity contribution >= 4 is 17.7 Å². The van der Waals surface area contributed by atoms with Crippen molar-refractivity contribution in [1.29, 1.82) is 0 Å². The highest BCUT2D eigenvalue weighted by molar-refractivity contribution is 5.89. The number of aryl methyl sites for hydroxylation is 1. The van der Waals surface area contributed by atoms with Crippen LogP contribution in [-0.4, -0.2) is 52.2 Å². The average Bonchev–Trinajstić information content (AvgIpc) is 2.94. The fourth-order valence-electron chi connectivity index (χ4n) is 2.17. The summed E-state index contributed by atoms with van der Waals surface area (Å²) in [5.74, 6) is -0.187. The average molecular weight is 282 g/mol. The maximum Gasteiger partial charge on any atom is 0.325 e. The van der Waals surface area contributed by atoms with E-state index in [0.29, 0.717) is 31.1 Å².